The van der Waals surface area contributed by atoms with Crippen molar-refractivity contribution in [2.45, 2.75) is 13.3 Å². The van der Waals surface area contributed by atoms with Gasteiger partial charge >= 0.3 is 5.97 Å². The Kier molecular flexibility index (Phi) is 5.11. The Morgan fingerprint density at radius 3 is 2.33 bits per heavy atom. The number of hydrogen-bond donors (Lipinski definition) is 0. The number of Topliss-reactive ketones (excluding diaryl/α,β-unsaturated/α-hetero) is 1. The monoisotopic (exact) mass is 248 g/mol. The average Bonchev–Trinajstić information content (AvgIpc) is 2.38. The number of methoxy groups -OCH3 is 1. The lowest BCUT2D eigenvalue weighted by Crippen LogP contribution is -2.10. The molecule has 1 rings (SSSR count). The third-order valence-electron chi connectivity index (χ3n) is 2.32. The van der Waals surface area contributed by atoms with Crippen LogP contribution in [0, 0.1) is 0 Å². The predicted molar refractivity (Wildman–Crippen MR) is 67.7 cm³/mol. The van der Waals surface area contributed by atoms with Gasteiger partial charge < -0.3 is 9.47 Å². The summed E-state index contributed by atoms with van der Waals surface area (Å²) in [6.45, 7) is 5.09. The first-order chi connectivity index (χ1) is 8.54. The van der Waals surface area contributed by atoms with Crippen LogP contribution in [0.1, 0.15) is 23.7 Å². The quantitative estimate of drug-likeness (QED) is 0.440. The van der Waals surface area contributed by atoms with E-state index >= 15 is 0 Å². The summed E-state index contributed by atoms with van der Waals surface area (Å²) >= 11 is 0. The topological polar surface area (TPSA) is 52.6 Å². The maximum atomic E-state index is 11.7. The summed E-state index contributed by atoms with van der Waals surface area (Å²) in [5, 5.41) is 0. The van der Waals surface area contributed by atoms with Crippen molar-refractivity contribution >= 4 is 11.8 Å². The molecular formula is C14H16O4. The molecular weight excluding hydrogens is 232 g/mol. The molecule has 4 heteroatoms. The molecule has 1 aromatic rings. The van der Waals surface area contributed by atoms with Crippen molar-refractivity contribution in [1.82, 2.24) is 0 Å². The van der Waals surface area contributed by atoms with Crippen LogP contribution in [0.5, 0.6) is 5.75 Å². The van der Waals surface area contributed by atoms with Crippen LogP contribution in [0.15, 0.2) is 36.4 Å². The van der Waals surface area contributed by atoms with E-state index in [9.17, 15) is 9.59 Å². The number of hydrogen-bond acceptors (Lipinski definition) is 4. The summed E-state index contributed by atoms with van der Waals surface area (Å²) < 4.78 is 9.85. The zero-order valence-corrected chi connectivity index (χ0v) is 10.6. The molecule has 0 amide bonds. The van der Waals surface area contributed by atoms with Crippen molar-refractivity contribution in [3.05, 3.63) is 42.0 Å². The molecule has 4 nitrogen and oxygen atoms in total. The summed E-state index contributed by atoms with van der Waals surface area (Å²) in [6.07, 6.45) is 0.158. The van der Waals surface area contributed by atoms with Gasteiger partial charge in [0.2, 0.25) is 0 Å². The van der Waals surface area contributed by atoms with E-state index in [1.54, 1.807) is 38.3 Å². The van der Waals surface area contributed by atoms with Gasteiger partial charge in [-0.1, -0.05) is 6.58 Å². The van der Waals surface area contributed by atoms with Gasteiger partial charge in [-0.2, -0.15) is 0 Å². The van der Waals surface area contributed by atoms with Gasteiger partial charge in [0.25, 0.3) is 0 Å². The SMILES string of the molecule is C=C(C)C(=O)OCCC(=O)c1ccc(OC)cc1. The van der Waals surface area contributed by atoms with Gasteiger partial charge in [0.1, 0.15) is 5.75 Å². The summed E-state index contributed by atoms with van der Waals surface area (Å²) in [7, 11) is 1.56. The zero-order chi connectivity index (χ0) is 13.5. The fourth-order valence-electron chi connectivity index (χ4n) is 1.28. The molecule has 18 heavy (non-hydrogen) atoms. The molecule has 0 unspecified atom stereocenters. The molecule has 1 aromatic carbocycles. The number of ketones is 1. The third-order valence-corrected chi connectivity index (χ3v) is 2.32. The van der Waals surface area contributed by atoms with E-state index in [0.29, 0.717) is 16.9 Å². The van der Waals surface area contributed by atoms with E-state index in [2.05, 4.69) is 6.58 Å². The van der Waals surface area contributed by atoms with E-state index < -0.39 is 5.97 Å². The Hall–Kier alpha value is -2.10. The van der Waals surface area contributed by atoms with Crippen LogP contribution < -0.4 is 4.74 Å². The van der Waals surface area contributed by atoms with Gasteiger partial charge in [-0.15, -0.1) is 0 Å². The first kappa shape index (κ1) is 14.0. The molecule has 0 heterocycles. The van der Waals surface area contributed by atoms with Crippen LogP contribution in [0.25, 0.3) is 0 Å². The summed E-state index contributed by atoms with van der Waals surface area (Å²) in [5.74, 6) is 0.143. The third kappa shape index (κ3) is 4.05. The Bertz CT molecular complexity index is 445. The van der Waals surface area contributed by atoms with Gasteiger partial charge in [-0.25, -0.2) is 4.79 Å². The maximum Gasteiger partial charge on any atom is 0.333 e. The Morgan fingerprint density at radius 1 is 1.22 bits per heavy atom. The number of carbonyl (C=O) groups is 2. The lowest BCUT2D eigenvalue weighted by atomic mass is 10.1. The van der Waals surface area contributed by atoms with Gasteiger partial charge in [0.05, 0.1) is 13.7 Å². The fourth-order valence-corrected chi connectivity index (χ4v) is 1.28. The first-order valence-electron chi connectivity index (χ1n) is 5.54. The van der Waals surface area contributed by atoms with Crippen molar-refractivity contribution in [3.63, 3.8) is 0 Å². The minimum absolute atomic E-state index is 0.0660. The molecule has 0 aliphatic heterocycles. The molecule has 96 valence electrons. The van der Waals surface area contributed by atoms with Crippen molar-refractivity contribution in [2.75, 3.05) is 13.7 Å². The predicted octanol–water partition coefficient (Wildman–Crippen LogP) is 2.39. The highest BCUT2D eigenvalue weighted by Gasteiger charge is 2.08. The lowest BCUT2D eigenvalue weighted by molar-refractivity contribution is -0.138. The molecule has 0 spiro atoms. The highest BCUT2D eigenvalue weighted by Crippen LogP contribution is 2.12. The second-order valence-corrected chi connectivity index (χ2v) is 3.82. The molecule has 0 aliphatic rings. The molecule has 0 aliphatic carbocycles. The van der Waals surface area contributed by atoms with Crippen LogP contribution in [0.2, 0.25) is 0 Å². The van der Waals surface area contributed by atoms with E-state index in [0.717, 1.165) is 0 Å². The Labute approximate surface area is 106 Å². The van der Waals surface area contributed by atoms with E-state index in [-0.39, 0.29) is 18.8 Å². The molecule has 0 aromatic heterocycles. The van der Waals surface area contributed by atoms with Crippen LogP contribution >= 0.6 is 0 Å². The lowest BCUT2D eigenvalue weighted by Gasteiger charge is -2.04. The number of ether oxygens (including phenoxy) is 2. The highest BCUT2D eigenvalue weighted by atomic mass is 16.5. The van der Waals surface area contributed by atoms with Gasteiger partial charge in [-0.3, -0.25) is 4.79 Å². The molecule has 0 atom stereocenters. The second-order valence-electron chi connectivity index (χ2n) is 3.82. The van der Waals surface area contributed by atoms with E-state index in [4.69, 9.17) is 9.47 Å². The molecule has 0 bridgehead atoms. The first-order valence-corrected chi connectivity index (χ1v) is 5.54. The highest BCUT2D eigenvalue weighted by molar-refractivity contribution is 5.96. The fraction of sp³-hybridized carbons (Fsp3) is 0.286. The number of benzene rings is 1. The number of rotatable bonds is 6. The largest absolute Gasteiger partial charge is 0.497 e. The summed E-state index contributed by atoms with van der Waals surface area (Å²) in [6, 6.07) is 6.80. The molecule has 0 N–H and O–H groups in total. The van der Waals surface area contributed by atoms with Crippen molar-refractivity contribution in [1.29, 1.82) is 0 Å². The minimum atomic E-state index is -0.475. The number of carbonyl (C=O) groups excluding carboxylic acids is 2. The smallest absolute Gasteiger partial charge is 0.333 e. The summed E-state index contributed by atoms with van der Waals surface area (Å²) in [4.78, 5) is 22.8. The molecule has 0 saturated heterocycles. The van der Waals surface area contributed by atoms with E-state index in [1.807, 2.05) is 0 Å². The Morgan fingerprint density at radius 2 is 1.83 bits per heavy atom. The van der Waals surface area contributed by atoms with Gasteiger partial charge in [0.15, 0.2) is 5.78 Å². The van der Waals surface area contributed by atoms with Crippen LogP contribution in [0.3, 0.4) is 0 Å². The minimum Gasteiger partial charge on any atom is -0.497 e. The standard InChI is InChI=1S/C14H16O4/c1-10(2)14(16)18-9-8-13(15)11-4-6-12(17-3)7-5-11/h4-7H,1,8-9H2,2-3H3. The van der Waals surface area contributed by atoms with E-state index in [1.165, 1.54) is 0 Å². The Balaban J connectivity index is 2.45. The van der Waals surface area contributed by atoms with Crippen molar-refractivity contribution in [3.8, 4) is 5.75 Å². The normalized spacial score (nSPS) is 9.67. The van der Waals surface area contributed by atoms with Gasteiger partial charge in [-0.05, 0) is 31.2 Å². The summed E-state index contributed by atoms with van der Waals surface area (Å²) in [5.41, 5.74) is 0.897. The zero-order valence-electron chi connectivity index (χ0n) is 10.6. The number of esters is 1. The van der Waals surface area contributed by atoms with Crippen LogP contribution in [-0.4, -0.2) is 25.5 Å². The maximum absolute atomic E-state index is 11.7. The van der Waals surface area contributed by atoms with Gasteiger partial charge in [0, 0.05) is 17.6 Å². The van der Waals surface area contributed by atoms with Crippen LogP contribution in [-0.2, 0) is 9.53 Å². The van der Waals surface area contributed by atoms with Crippen molar-refractivity contribution < 1.29 is 19.1 Å². The second kappa shape index (κ2) is 6.59. The van der Waals surface area contributed by atoms with Crippen molar-refractivity contribution in [2.24, 2.45) is 0 Å². The molecule has 0 radical (unpaired) electrons. The van der Waals surface area contributed by atoms with Crippen LogP contribution in [0.4, 0.5) is 0 Å². The molecule has 0 saturated carbocycles. The molecule has 0 fully saturated rings. The average molecular weight is 248 g/mol.